The molecule has 1 aromatic heterocycles. The van der Waals surface area contributed by atoms with E-state index < -0.39 is 0 Å². The minimum absolute atomic E-state index is 0.233. The van der Waals surface area contributed by atoms with Gasteiger partial charge in [-0.2, -0.15) is 5.10 Å². The second kappa shape index (κ2) is 12.5. The standard InChI is InChI=1S/C31H28N4OS2/c1-2-35(21-24-8-4-3-5-9-24)27-18-14-23(15-19-27)20-32-34-30(36)26-16-12-25(13-17-26)22-37-31-33-28-10-6-7-11-29(28)38-31/h3-20H,2,21-22H2,1H3,(H,34,36). The van der Waals surface area contributed by atoms with Gasteiger partial charge in [0.05, 0.1) is 16.4 Å². The van der Waals surface area contributed by atoms with Crippen LogP contribution < -0.4 is 10.3 Å². The molecule has 0 unspecified atom stereocenters. The first-order valence-electron chi connectivity index (χ1n) is 12.5. The summed E-state index contributed by atoms with van der Waals surface area (Å²) in [6, 6.07) is 34.4. The first-order valence-corrected chi connectivity index (χ1v) is 14.3. The molecular formula is C31H28N4OS2. The van der Waals surface area contributed by atoms with Crippen molar-refractivity contribution in [1.82, 2.24) is 10.4 Å². The van der Waals surface area contributed by atoms with Gasteiger partial charge in [0.1, 0.15) is 0 Å². The molecule has 0 atom stereocenters. The van der Waals surface area contributed by atoms with E-state index in [-0.39, 0.29) is 5.91 Å². The lowest BCUT2D eigenvalue weighted by molar-refractivity contribution is 0.0955. The lowest BCUT2D eigenvalue weighted by Crippen LogP contribution is -2.21. The number of hydrogen-bond acceptors (Lipinski definition) is 6. The molecule has 190 valence electrons. The minimum Gasteiger partial charge on any atom is -0.367 e. The molecule has 5 aromatic rings. The highest BCUT2D eigenvalue weighted by Gasteiger charge is 2.08. The summed E-state index contributed by atoms with van der Waals surface area (Å²) < 4.78 is 2.25. The van der Waals surface area contributed by atoms with Crippen LogP contribution in [0.2, 0.25) is 0 Å². The maximum absolute atomic E-state index is 12.5. The Hall–Kier alpha value is -3.94. The number of fused-ring (bicyclic) bond motifs is 1. The second-order valence-corrected chi connectivity index (χ2v) is 11.0. The van der Waals surface area contributed by atoms with Gasteiger partial charge in [-0.25, -0.2) is 10.4 Å². The van der Waals surface area contributed by atoms with Crippen molar-refractivity contribution >= 4 is 51.1 Å². The van der Waals surface area contributed by atoms with Gasteiger partial charge in [0.15, 0.2) is 4.34 Å². The third-order valence-electron chi connectivity index (χ3n) is 6.09. The van der Waals surface area contributed by atoms with Crippen molar-refractivity contribution in [2.45, 2.75) is 23.6 Å². The SMILES string of the molecule is CCN(Cc1ccccc1)c1ccc(C=NNC(=O)c2ccc(CSc3nc4ccccc4s3)cc2)cc1. The molecule has 1 N–H and O–H groups in total. The molecule has 0 aliphatic heterocycles. The van der Waals surface area contributed by atoms with Gasteiger partial charge in [-0.3, -0.25) is 4.79 Å². The fraction of sp³-hybridized carbons (Fsp3) is 0.129. The van der Waals surface area contributed by atoms with E-state index in [0.29, 0.717) is 5.56 Å². The van der Waals surface area contributed by atoms with Crippen LogP contribution in [0.1, 0.15) is 34.0 Å². The molecule has 0 radical (unpaired) electrons. The van der Waals surface area contributed by atoms with Gasteiger partial charge in [0.2, 0.25) is 0 Å². The Morgan fingerprint density at radius 1 is 0.921 bits per heavy atom. The van der Waals surface area contributed by atoms with Crippen LogP contribution in [0, 0.1) is 0 Å². The normalized spacial score (nSPS) is 11.2. The predicted molar refractivity (Wildman–Crippen MR) is 160 cm³/mol. The van der Waals surface area contributed by atoms with Gasteiger partial charge in [-0.05, 0) is 60.0 Å². The van der Waals surface area contributed by atoms with E-state index in [9.17, 15) is 4.79 Å². The molecule has 0 bridgehead atoms. The number of amides is 1. The Balaban J connectivity index is 1.11. The van der Waals surface area contributed by atoms with Gasteiger partial charge >= 0.3 is 0 Å². The summed E-state index contributed by atoms with van der Waals surface area (Å²) in [7, 11) is 0. The molecule has 38 heavy (non-hydrogen) atoms. The summed E-state index contributed by atoms with van der Waals surface area (Å²) >= 11 is 3.41. The van der Waals surface area contributed by atoms with Gasteiger partial charge in [-0.1, -0.05) is 78.5 Å². The molecule has 0 fully saturated rings. The first-order chi connectivity index (χ1) is 18.7. The highest BCUT2D eigenvalue weighted by Crippen LogP contribution is 2.31. The first kappa shape index (κ1) is 25.7. The maximum Gasteiger partial charge on any atom is 0.271 e. The summed E-state index contributed by atoms with van der Waals surface area (Å²) in [5.41, 5.74) is 8.74. The van der Waals surface area contributed by atoms with Crippen molar-refractivity contribution in [3.63, 3.8) is 0 Å². The van der Waals surface area contributed by atoms with Gasteiger partial charge in [-0.15, -0.1) is 11.3 Å². The third kappa shape index (κ3) is 6.68. The Morgan fingerprint density at radius 3 is 2.39 bits per heavy atom. The molecule has 1 amide bonds. The quantitative estimate of drug-likeness (QED) is 0.115. The second-order valence-electron chi connectivity index (χ2n) is 8.72. The van der Waals surface area contributed by atoms with Crippen molar-refractivity contribution < 1.29 is 4.79 Å². The lowest BCUT2D eigenvalue weighted by atomic mass is 10.1. The summed E-state index contributed by atoms with van der Waals surface area (Å²) in [5, 5.41) is 4.15. The number of hydrazone groups is 1. The number of carbonyl (C=O) groups is 1. The highest BCUT2D eigenvalue weighted by molar-refractivity contribution is 8.00. The van der Waals surface area contributed by atoms with Crippen LogP contribution >= 0.6 is 23.1 Å². The third-order valence-corrected chi connectivity index (χ3v) is 8.34. The number of para-hydroxylation sites is 1. The molecule has 4 aromatic carbocycles. The molecule has 0 spiro atoms. The molecule has 5 nitrogen and oxygen atoms in total. The number of nitrogens with zero attached hydrogens (tertiary/aromatic N) is 3. The topological polar surface area (TPSA) is 57.6 Å². The number of thioether (sulfide) groups is 1. The summed E-state index contributed by atoms with van der Waals surface area (Å²) in [6.45, 7) is 3.93. The van der Waals surface area contributed by atoms with Crippen LogP contribution in [0.4, 0.5) is 5.69 Å². The van der Waals surface area contributed by atoms with Crippen molar-refractivity contribution in [3.05, 3.63) is 125 Å². The van der Waals surface area contributed by atoms with Crippen molar-refractivity contribution in [2.75, 3.05) is 11.4 Å². The van der Waals surface area contributed by atoms with Crippen LogP contribution in [0.5, 0.6) is 0 Å². The van der Waals surface area contributed by atoms with E-state index >= 15 is 0 Å². The van der Waals surface area contributed by atoms with Crippen LogP contribution in [-0.2, 0) is 12.3 Å². The van der Waals surface area contributed by atoms with Gasteiger partial charge < -0.3 is 4.90 Å². The molecule has 1 heterocycles. The van der Waals surface area contributed by atoms with E-state index in [0.717, 1.165) is 45.5 Å². The zero-order valence-electron chi connectivity index (χ0n) is 21.1. The molecule has 5 rings (SSSR count). The van der Waals surface area contributed by atoms with E-state index in [1.54, 1.807) is 29.3 Å². The Morgan fingerprint density at radius 2 is 1.66 bits per heavy atom. The van der Waals surface area contributed by atoms with E-state index in [4.69, 9.17) is 0 Å². The van der Waals surface area contributed by atoms with Crippen molar-refractivity contribution in [2.24, 2.45) is 5.10 Å². The summed E-state index contributed by atoms with van der Waals surface area (Å²) in [4.78, 5) is 19.5. The largest absolute Gasteiger partial charge is 0.367 e. The van der Waals surface area contributed by atoms with Gasteiger partial charge in [0.25, 0.3) is 5.91 Å². The van der Waals surface area contributed by atoms with Crippen LogP contribution in [0.15, 0.2) is 113 Å². The number of nitrogens with one attached hydrogen (secondary N) is 1. The van der Waals surface area contributed by atoms with Crippen molar-refractivity contribution in [3.8, 4) is 0 Å². The smallest absolute Gasteiger partial charge is 0.271 e. The summed E-state index contributed by atoms with van der Waals surface area (Å²) in [5.74, 6) is 0.569. The van der Waals surface area contributed by atoms with Crippen LogP contribution in [0.3, 0.4) is 0 Å². The average molecular weight is 537 g/mol. The van der Waals surface area contributed by atoms with E-state index in [2.05, 4.69) is 69.8 Å². The number of carbonyl (C=O) groups excluding carboxylic acids is 1. The molecule has 0 aliphatic rings. The average Bonchev–Trinajstić information content (AvgIpc) is 3.39. The van der Waals surface area contributed by atoms with Gasteiger partial charge in [0, 0.05) is 30.1 Å². The number of thiazole rings is 1. The maximum atomic E-state index is 12.5. The zero-order valence-corrected chi connectivity index (χ0v) is 22.7. The molecular weight excluding hydrogens is 509 g/mol. The Labute approximate surface area is 231 Å². The molecule has 0 saturated carbocycles. The molecule has 0 aliphatic carbocycles. The number of anilines is 1. The predicted octanol–water partition coefficient (Wildman–Crippen LogP) is 7.38. The monoisotopic (exact) mass is 536 g/mol. The number of aromatic nitrogens is 1. The molecule has 0 saturated heterocycles. The fourth-order valence-corrected chi connectivity index (χ4v) is 6.03. The van der Waals surface area contributed by atoms with E-state index in [1.807, 2.05) is 60.7 Å². The van der Waals surface area contributed by atoms with E-state index in [1.165, 1.54) is 10.3 Å². The number of benzene rings is 4. The fourth-order valence-electron chi connectivity index (χ4n) is 4.00. The zero-order chi connectivity index (χ0) is 26.2. The molecule has 7 heteroatoms. The summed E-state index contributed by atoms with van der Waals surface area (Å²) in [6.07, 6.45) is 1.66. The van der Waals surface area contributed by atoms with Crippen LogP contribution in [0.25, 0.3) is 10.2 Å². The minimum atomic E-state index is -0.233. The number of rotatable bonds is 10. The Kier molecular flexibility index (Phi) is 8.48. The van der Waals surface area contributed by atoms with Crippen LogP contribution in [-0.4, -0.2) is 23.7 Å². The number of hydrogen-bond donors (Lipinski definition) is 1. The highest BCUT2D eigenvalue weighted by atomic mass is 32.2. The lowest BCUT2D eigenvalue weighted by Gasteiger charge is -2.23. The van der Waals surface area contributed by atoms with Crippen molar-refractivity contribution in [1.29, 1.82) is 0 Å². The Bertz CT molecular complexity index is 1480.